The molecule has 0 aliphatic carbocycles. The lowest BCUT2D eigenvalue weighted by molar-refractivity contribution is 0.0646. The van der Waals surface area contributed by atoms with Crippen molar-refractivity contribution in [3.63, 3.8) is 0 Å². The molecule has 3 heterocycles. The Morgan fingerprint density at radius 1 is 1.27 bits per heavy atom. The summed E-state index contributed by atoms with van der Waals surface area (Å²) in [6.07, 6.45) is 0.812. The number of hydrogen-bond acceptors (Lipinski definition) is 2. The number of carbonyl (C=O) groups excluding carboxylic acids is 2. The SMILES string of the molecule is Cc1[nH]c2c(C(=O)N3CC[C@H]4[C@@H](C3)NC(=O)N4C(C)C)cccc2c1C. The largest absolute Gasteiger partial charge is 0.358 e. The van der Waals surface area contributed by atoms with E-state index in [1.807, 2.05) is 42.7 Å². The van der Waals surface area contributed by atoms with Gasteiger partial charge in [0.05, 0.1) is 23.2 Å². The summed E-state index contributed by atoms with van der Waals surface area (Å²) >= 11 is 0. The molecule has 2 aliphatic rings. The van der Waals surface area contributed by atoms with Crippen LogP contribution in [0.1, 0.15) is 41.9 Å². The van der Waals surface area contributed by atoms with Gasteiger partial charge in [0, 0.05) is 30.2 Å². The summed E-state index contributed by atoms with van der Waals surface area (Å²) in [6.45, 7) is 9.42. The molecule has 0 spiro atoms. The fourth-order valence-electron chi connectivity index (χ4n) is 4.43. The molecular weight excluding hydrogens is 328 g/mol. The second kappa shape index (κ2) is 6.04. The van der Waals surface area contributed by atoms with Crippen molar-refractivity contribution in [2.45, 2.75) is 52.2 Å². The van der Waals surface area contributed by atoms with E-state index in [1.54, 1.807) is 0 Å². The maximum absolute atomic E-state index is 13.2. The Kier molecular flexibility index (Phi) is 3.93. The number of fused-ring (bicyclic) bond motifs is 2. The summed E-state index contributed by atoms with van der Waals surface area (Å²) in [5.41, 5.74) is 3.90. The van der Waals surface area contributed by atoms with Gasteiger partial charge in [-0.3, -0.25) is 4.79 Å². The highest BCUT2D eigenvalue weighted by molar-refractivity contribution is 6.06. The zero-order valence-corrected chi connectivity index (χ0v) is 15.8. The number of para-hydroxylation sites is 1. The lowest BCUT2D eigenvalue weighted by atomic mass is 9.98. The van der Waals surface area contributed by atoms with E-state index in [0.717, 1.165) is 23.0 Å². The third kappa shape index (κ3) is 2.47. The second-order valence-electron chi connectivity index (χ2n) is 7.77. The third-order valence-electron chi connectivity index (χ3n) is 5.89. The van der Waals surface area contributed by atoms with Crippen LogP contribution in [-0.2, 0) is 0 Å². The van der Waals surface area contributed by atoms with Crippen LogP contribution in [0.2, 0.25) is 0 Å². The highest BCUT2D eigenvalue weighted by Gasteiger charge is 2.44. The van der Waals surface area contributed by atoms with Crippen LogP contribution in [0.25, 0.3) is 10.9 Å². The van der Waals surface area contributed by atoms with Crippen LogP contribution in [0, 0.1) is 13.8 Å². The molecular formula is C20H26N4O2. The second-order valence-corrected chi connectivity index (χ2v) is 7.77. The predicted octanol–water partition coefficient (Wildman–Crippen LogP) is 2.80. The van der Waals surface area contributed by atoms with Crippen LogP contribution in [0.4, 0.5) is 4.79 Å². The van der Waals surface area contributed by atoms with Crippen molar-refractivity contribution in [3.05, 3.63) is 35.0 Å². The molecule has 2 saturated heterocycles. The Hall–Kier alpha value is -2.50. The molecule has 2 aliphatic heterocycles. The molecule has 6 nitrogen and oxygen atoms in total. The van der Waals surface area contributed by atoms with Crippen molar-refractivity contribution in [2.24, 2.45) is 0 Å². The first-order valence-corrected chi connectivity index (χ1v) is 9.34. The molecule has 26 heavy (non-hydrogen) atoms. The zero-order chi connectivity index (χ0) is 18.6. The zero-order valence-electron chi connectivity index (χ0n) is 15.8. The van der Waals surface area contributed by atoms with E-state index in [1.165, 1.54) is 5.56 Å². The minimum Gasteiger partial charge on any atom is -0.358 e. The van der Waals surface area contributed by atoms with Crippen molar-refractivity contribution in [1.29, 1.82) is 0 Å². The van der Waals surface area contributed by atoms with E-state index in [0.29, 0.717) is 18.7 Å². The number of carbonyl (C=O) groups is 2. The Morgan fingerprint density at radius 3 is 2.77 bits per heavy atom. The maximum atomic E-state index is 13.2. The molecule has 138 valence electrons. The van der Waals surface area contributed by atoms with Crippen LogP contribution >= 0.6 is 0 Å². The fourth-order valence-corrected chi connectivity index (χ4v) is 4.43. The summed E-state index contributed by atoms with van der Waals surface area (Å²) in [4.78, 5) is 32.6. The number of piperidine rings is 1. The van der Waals surface area contributed by atoms with Gasteiger partial charge < -0.3 is 20.1 Å². The number of aryl methyl sites for hydroxylation is 2. The molecule has 2 fully saturated rings. The molecule has 2 atom stereocenters. The van der Waals surface area contributed by atoms with E-state index in [9.17, 15) is 9.59 Å². The normalized spacial score (nSPS) is 22.9. The average molecular weight is 354 g/mol. The molecule has 0 saturated carbocycles. The lowest BCUT2D eigenvalue weighted by Gasteiger charge is -2.38. The third-order valence-corrected chi connectivity index (χ3v) is 5.89. The molecule has 6 heteroatoms. The van der Waals surface area contributed by atoms with Crippen LogP contribution in [0.3, 0.4) is 0 Å². The maximum Gasteiger partial charge on any atom is 0.318 e. The average Bonchev–Trinajstić information content (AvgIpc) is 3.09. The summed E-state index contributed by atoms with van der Waals surface area (Å²) < 4.78 is 0. The summed E-state index contributed by atoms with van der Waals surface area (Å²) in [5.74, 6) is 0.0348. The standard InChI is InChI=1S/C20H26N4O2/c1-11(2)24-17-8-9-23(10-16(17)22-20(24)26)19(25)15-7-5-6-14-12(3)13(4)21-18(14)15/h5-7,11,16-17,21H,8-10H2,1-4H3,(H,22,26)/t16-,17+/m1/s1. The minimum atomic E-state index is -0.0120. The van der Waals surface area contributed by atoms with Crippen LogP contribution in [0.5, 0.6) is 0 Å². The summed E-state index contributed by atoms with van der Waals surface area (Å²) in [7, 11) is 0. The summed E-state index contributed by atoms with van der Waals surface area (Å²) in [5, 5.41) is 4.16. The van der Waals surface area contributed by atoms with Crippen molar-refractivity contribution in [1.82, 2.24) is 20.1 Å². The number of nitrogens with one attached hydrogen (secondary N) is 2. The van der Waals surface area contributed by atoms with Gasteiger partial charge in [-0.25, -0.2) is 4.79 Å². The number of nitrogens with zero attached hydrogens (tertiary/aromatic N) is 2. The smallest absolute Gasteiger partial charge is 0.318 e. The number of hydrogen-bond donors (Lipinski definition) is 2. The van der Waals surface area contributed by atoms with Gasteiger partial charge in [-0.15, -0.1) is 0 Å². The first-order valence-electron chi connectivity index (χ1n) is 9.34. The molecule has 2 N–H and O–H groups in total. The van der Waals surface area contributed by atoms with Crippen LogP contribution in [0.15, 0.2) is 18.2 Å². The van der Waals surface area contributed by atoms with Crippen molar-refractivity contribution in [2.75, 3.05) is 13.1 Å². The molecule has 0 unspecified atom stereocenters. The Morgan fingerprint density at radius 2 is 2.04 bits per heavy atom. The first kappa shape index (κ1) is 16.9. The van der Waals surface area contributed by atoms with Crippen LogP contribution < -0.4 is 5.32 Å². The Labute approximate surface area is 153 Å². The minimum absolute atomic E-state index is 0.00826. The van der Waals surface area contributed by atoms with E-state index in [-0.39, 0.29) is 30.1 Å². The Bertz CT molecular complexity index is 885. The molecule has 0 bridgehead atoms. The molecule has 3 amide bonds. The van der Waals surface area contributed by atoms with Crippen molar-refractivity contribution in [3.8, 4) is 0 Å². The van der Waals surface area contributed by atoms with Crippen molar-refractivity contribution < 1.29 is 9.59 Å². The highest BCUT2D eigenvalue weighted by atomic mass is 16.2. The number of aromatic amines is 1. The van der Waals surface area contributed by atoms with E-state index < -0.39 is 0 Å². The number of rotatable bonds is 2. The van der Waals surface area contributed by atoms with Gasteiger partial charge in [-0.1, -0.05) is 12.1 Å². The van der Waals surface area contributed by atoms with Gasteiger partial charge >= 0.3 is 6.03 Å². The van der Waals surface area contributed by atoms with Gasteiger partial charge in [-0.2, -0.15) is 0 Å². The number of urea groups is 1. The van der Waals surface area contributed by atoms with Gasteiger partial charge in [0.15, 0.2) is 0 Å². The van der Waals surface area contributed by atoms with Crippen LogP contribution in [-0.4, -0.2) is 57.9 Å². The number of aromatic nitrogens is 1. The first-order chi connectivity index (χ1) is 12.4. The lowest BCUT2D eigenvalue weighted by Crippen LogP contribution is -2.53. The quantitative estimate of drug-likeness (QED) is 0.871. The fraction of sp³-hybridized carbons (Fsp3) is 0.500. The van der Waals surface area contributed by atoms with Gasteiger partial charge in [0.1, 0.15) is 0 Å². The topological polar surface area (TPSA) is 68.4 Å². The predicted molar refractivity (Wildman–Crippen MR) is 101 cm³/mol. The number of amides is 3. The molecule has 1 aromatic heterocycles. The van der Waals surface area contributed by atoms with Crippen molar-refractivity contribution >= 4 is 22.8 Å². The van der Waals surface area contributed by atoms with E-state index in [4.69, 9.17) is 0 Å². The monoisotopic (exact) mass is 354 g/mol. The highest BCUT2D eigenvalue weighted by Crippen LogP contribution is 2.28. The molecule has 4 rings (SSSR count). The number of benzene rings is 1. The molecule has 2 aromatic rings. The number of H-pyrrole nitrogens is 1. The molecule has 0 radical (unpaired) electrons. The number of likely N-dealkylation sites (tertiary alicyclic amines) is 1. The van der Waals surface area contributed by atoms with E-state index in [2.05, 4.69) is 23.3 Å². The Balaban J connectivity index is 1.60. The molecule has 1 aromatic carbocycles. The van der Waals surface area contributed by atoms with Gasteiger partial charge in [0.2, 0.25) is 0 Å². The van der Waals surface area contributed by atoms with E-state index >= 15 is 0 Å². The summed E-state index contributed by atoms with van der Waals surface area (Å²) in [6, 6.07) is 6.23. The van der Waals surface area contributed by atoms with Gasteiger partial charge in [-0.05, 0) is 45.7 Å². The van der Waals surface area contributed by atoms with Gasteiger partial charge in [0.25, 0.3) is 5.91 Å².